The number of hydrogen-bond acceptors (Lipinski definition) is 3. The van der Waals surface area contributed by atoms with Gasteiger partial charge in [-0.25, -0.2) is 0 Å². The van der Waals surface area contributed by atoms with Crippen molar-refractivity contribution >= 4 is 5.69 Å². The predicted molar refractivity (Wildman–Crippen MR) is 83.5 cm³/mol. The van der Waals surface area contributed by atoms with E-state index in [1.54, 1.807) is 7.11 Å². The smallest absolute Gasteiger partial charge is 0.121 e. The van der Waals surface area contributed by atoms with Gasteiger partial charge in [-0.1, -0.05) is 19.9 Å². The molecule has 0 aromatic heterocycles. The van der Waals surface area contributed by atoms with Gasteiger partial charge in [0.25, 0.3) is 0 Å². The van der Waals surface area contributed by atoms with E-state index in [0.717, 1.165) is 11.4 Å². The van der Waals surface area contributed by atoms with Gasteiger partial charge in [-0.2, -0.15) is 0 Å². The molecular weight excluding hydrogens is 250 g/mol. The molecule has 1 aromatic rings. The van der Waals surface area contributed by atoms with E-state index < -0.39 is 0 Å². The van der Waals surface area contributed by atoms with Crippen molar-refractivity contribution in [3.63, 3.8) is 0 Å². The van der Waals surface area contributed by atoms with Crippen molar-refractivity contribution in [3.05, 3.63) is 24.3 Å². The highest BCUT2D eigenvalue weighted by Gasteiger charge is 2.26. The molecule has 0 atom stereocenters. The summed E-state index contributed by atoms with van der Waals surface area (Å²) in [7, 11) is 1.69. The Balaban J connectivity index is 1.85. The molecule has 1 aliphatic rings. The topological polar surface area (TPSA) is 30.5 Å². The normalized spacial score (nSPS) is 18.8. The van der Waals surface area contributed by atoms with Gasteiger partial charge >= 0.3 is 0 Å². The van der Waals surface area contributed by atoms with E-state index in [0.29, 0.717) is 24.7 Å². The van der Waals surface area contributed by atoms with E-state index >= 15 is 0 Å². The minimum atomic E-state index is 0.517. The number of ether oxygens (including phenoxy) is 2. The molecular formula is C17H27NO2. The second kappa shape index (κ2) is 6.98. The molecule has 0 spiro atoms. The molecule has 1 aromatic carbocycles. The predicted octanol–water partition coefficient (Wildman–Crippen LogP) is 4.09. The van der Waals surface area contributed by atoms with Crippen molar-refractivity contribution in [3.8, 4) is 5.75 Å². The maximum Gasteiger partial charge on any atom is 0.121 e. The highest BCUT2D eigenvalue weighted by Crippen LogP contribution is 2.36. The van der Waals surface area contributed by atoms with E-state index in [-0.39, 0.29) is 0 Å². The van der Waals surface area contributed by atoms with Crippen LogP contribution in [0.15, 0.2) is 24.3 Å². The lowest BCUT2D eigenvalue weighted by Crippen LogP contribution is -2.29. The number of hydrogen-bond donors (Lipinski definition) is 1. The quantitative estimate of drug-likeness (QED) is 0.794. The van der Waals surface area contributed by atoms with Crippen LogP contribution in [0.1, 0.15) is 39.5 Å². The van der Waals surface area contributed by atoms with Crippen LogP contribution in [0.3, 0.4) is 0 Å². The molecule has 0 aliphatic heterocycles. The summed E-state index contributed by atoms with van der Waals surface area (Å²) in [6, 6.07) is 8.82. The lowest BCUT2D eigenvalue weighted by Gasteiger charge is -2.35. The van der Waals surface area contributed by atoms with Gasteiger partial charge in [0, 0.05) is 24.9 Å². The lowest BCUT2D eigenvalue weighted by molar-refractivity contribution is 0.146. The Morgan fingerprint density at radius 2 is 1.95 bits per heavy atom. The van der Waals surface area contributed by atoms with Crippen LogP contribution in [0.25, 0.3) is 0 Å². The highest BCUT2D eigenvalue weighted by atomic mass is 16.5. The first kappa shape index (κ1) is 15.2. The van der Waals surface area contributed by atoms with Gasteiger partial charge in [0.05, 0.1) is 6.61 Å². The first-order valence-corrected chi connectivity index (χ1v) is 7.57. The van der Waals surface area contributed by atoms with Gasteiger partial charge < -0.3 is 14.8 Å². The van der Waals surface area contributed by atoms with Crippen molar-refractivity contribution in [1.82, 2.24) is 0 Å². The molecule has 112 valence electrons. The van der Waals surface area contributed by atoms with Crippen LogP contribution >= 0.6 is 0 Å². The molecule has 20 heavy (non-hydrogen) atoms. The number of nitrogens with one attached hydrogen (secondary N) is 1. The van der Waals surface area contributed by atoms with Crippen LogP contribution in [0.2, 0.25) is 0 Å². The summed E-state index contributed by atoms with van der Waals surface area (Å²) < 4.78 is 10.6. The number of anilines is 1. The van der Waals surface area contributed by atoms with Gasteiger partial charge in [0.15, 0.2) is 0 Å². The highest BCUT2D eigenvalue weighted by molar-refractivity contribution is 5.48. The van der Waals surface area contributed by atoms with E-state index in [1.807, 2.05) is 12.1 Å². The molecule has 1 saturated carbocycles. The molecule has 0 unspecified atom stereocenters. The zero-order chi connectivity index (χ0) is 14.4. The Labute approximate surface area is 122 Å². The average molecular weight is 277 g/mol. The second-order valence-corrected chi connectivity index (χ2v) is 6.45. The van der Waals surface area contributed by atoms with Gasteiger partial charge in [-0.3, -0.25) is 0 Å². The van der Waals surface area contributed by atoms with E-state index in [4.69, 9.17) is 9.47 Å². The van der Waals surface area contributed by atoms with Gasteiger partial charge in [0.1, 0.15) is 12.4 Å². The maximum atomic E-state index is 5.64. The molecule has 0 bridgehead atoms. The minimum Gasteiger partial charge on any atom is -0.491 e. The second-order valence-electron chi connectivity index (χ2n) is 6.45. The van der Waals surface area contributed by atoms with E-state index in [9.17, 15) is 0 Å². The standard InChI is InChI=1S/C17H27NO2/c1-17(2)9-7-14(8-10-17)18-15-5-4-6-16(13-15)20-12-11-19-3/h4-6,13-14,18H,7-12H2,1-3H3. The van der Waals surface area contributed by atoms with Crippen molar-refractivity contribution in [1.29, 1.82) is 0 Å². The molecule has 0 saturated heterocycles. The van der Waals surface area contributed by atoms with Crippen LogP contribution in [-0.4, -0.2) is 26.4 Å². The van der Waals surface area contributed by atoms with Crippen molar-refractivity contribution in [2.75, 3.05) is 25.6 Å². The fraction of sp³-hybridized carbons (Fsp3) is 0.647. The molecule has 2 rings (SSSR count). The summed E-state index contributed by atoms with van der Waals surface area (Å²) in [5, 5.41) is 3.64. The number of rotatable bonds is 6. The summed E-state index contributed by atoms with van der Waals surface area (Å²) in [6.07, 6.45) is 5.10. The van der Waals surface area contributed by atoms with Crippen molar-refractivity contribution in [2.24, 2.45) is 5.41 Å². The minimum absolute atomic E-state index is 0.517. The van der Waals surface area contributed by atoms with Gasteiger partial charge in [0.2, 0.25) is 0 Å². The first-order valence-electron chi connectivity index (χ1n) is 7.57. The summed E-state index contributed by atoms with van der Waals surface area (Å²) in [6.45, 7) is 5.95. The van der Waals surface area contributed by atoms with E-state index in [1.165, 1.54) is 25.7 Å². The summed E-state index contributed by atoms with van der Waals surface area (Å²) in [5.74, 6) is 0.906. The van der Waals surface area contributed by atoms with Crippen LogP contribution in [0, 0.1) is 5.41 Å². The SMILES string of the molecule is COCCOc1cccc(NC2CCC(C)(C)CC2)c1. The third kappa shape index (κ3) is 4.71. The fourth-order valence-corrected chi connectivity index (χ4v) is 2.70. The Bertz CT molecular complexity index is 407. The summed E-state index contributed by atoms with van der Waals surface area (Å²) in [5.41, 5.74) is 1.67. The summed E-state index contributed by atoms with van der Waals surface area (Å²) in [4.78, 5) is 0. The largest absolute Gasteiger partial charge is 0.491 e. The van der Waals surface area contributed by atoms with Crippen molar-refractivity contribution in [2.45, 2.75) is 45.6 Å². The maximum absolute atomic E-state index is 5.64. The average Bonchev–Trinajstić information content (AvgIpc) is 2.42. The van der Waals surface area contributed by atoms with Gasteiger partial charge in [-0.15, -0.1) is 0 Å². The Morgan fingerprint density at radius 3 is 2.65 bits per heavy atom. The zero-order valence-corrected chi connectivity index (χ0v) is 12.9. The molecule has 0 amide bonds. The molecule has 0 radical (unpaired) electrons. The molecule has 3 heteroatoms. The molecule has 0 heterocycles. The van der Waals surface area contributed by atoms with Crippen LogP contribution in [0.4, 0.5) is 5.69 Å². The van der Waals surface area contributed by atoms with Crippen LogP contribution in [-0.2, 0) is 4.74 Å². The molecule has 1 aliphatic carbocycles. The lowest BCUT2D eigenvalue weighted by atomic mass is 9.75. The number of methoxy groups -OCH3 is 1. The van der Waals surface area contributed by atoms with Crippen LogP contribution < -0.4 is 10.1 Å². The molecule has 1 fully saturated rings. The van der Waals surface area contributed by atoms with E-state index in [2.05, 4.69) is 31.3 Å². The number of benzene rings is 1. The Kier molecular flexibility index (Phi) is 5.30. The van der Waals surface area contributed by atoms with Gasteiger partial charge in [-0.05, 0) is 43.2 Å². The van der Waals surface area contributed by atoms with Crippen molar-refractivity contribution < 1.29 is 9.47 Å². The van der Waals surface area contributed by atoms with Crippen LogP contribution in [0.5, 0.6) is 5.75 Å². The zero-order valence-electron chi connectivity index (χ0n) is 12.9. The summed E-state index contributed by atoms with van der Waals surface area (Å²) >= 11 is 0. The fourth-order valence-electron chi connectivity index (χ4n) is 2.70. The Morgan fingerprint density at radius 1 is 1.20 bits per heavy atom. The third-order valence-corrected chi connectivity index (χ3v) is 4.10. The molecule has 1 N–H and O–H groups in total. The molecule has 3 nitrogen and oxygen atoms in total. The third-order valence-electron chi connectivity index (χ3n) is 4.10. The first-order chi connectivity index (χ1) is 9.59. The Hall–Kier alpha value is -1.22. The monoisotopic (exact) mass is 277 g/mol.